The Hall–Kier alpha value is -0.820. The van der Waals surface area contributed by atoms with Gasteiger partial charge in [-0.15, -0.1) is 0 Å². The average Bonchev–Trinajstić information content (AvgIpc) is 2.77. The van der Waals surface area contributed by atoms with Crippen LogP contribution in [-0.4, -0.2) is 23.9 Å². The van der Waals surface area contributed by atoms with Crippen LogP contribution in [0.2, 0.25) is 0 Å². The minimum absolute atomic E-state index is 0.0673. The van der Waals surface area contributed by atoms with Crippen LogP contribution in [0, 0.1) is 3.57 Å². The van der Waals surface area contributed by atoms with Crippen LogP contribution < -0.4 is 0 Å². The first-order valence-electron chi connectivity index (χ1n) is 6.42. The van der Waals surface area contributed by atoms with E-state index in [-0.39, 0.29) is 5.91 Å². The molecule has 0 fully saturated rings. The molecule has 0 radical (unpaired) electrons. The molecule has 0 aliphatic rings. The van der Waals surface area contributed by atoms with E-state index in [0.29, 0.717) is 24.6 Å². The third kappa shape index (κ3) is 2.93. The second kappa shape index (κ2) is 6.76. The molecule has 2 aromatic rings. The van der Waals surface area contributed by atoms with Crippen LogP contribution in [0.15, 0.2) is 39.2 Å². The molecule has 5 heteroatoms. The largest absolute Gasteiger partial charge is 0.449 e. The van der Waals surface area contributed by atoms with Gasteiger partial charge in [0.25, 0.3) is 5.91 Å². The van der Waals surface area contributed by atoms with Gasteiger partial charge >= 0.3 is 0 Å². The van der Waals surface area contributed by atoms with Crippen molar-refractivity contribution in [3.63, 3.8) is 0 Å². The molecule has 0 unspecified atom stereocenters. The van der Waals surface area contributed by atoms with E-state index in [1.54, 1.807) is 4.90 Å². The minimum atomic E-state index is -0.0673. The molecular weight excluding hydrogens is 433 g/mol. The molecule has 106 valence electrons. The highest BCUT2D eigenvalue weighted by molar-refractivity contribution is 14.1. The third-order valence-corrected chi connectivity index (χ3v) is 5.60. The van der Waals surface area contributed by atoms with Gasteiger partial charge in [0.05, 0.1) is 8.04 Å². The number of carbonyl (C=O) groups excluding carboxylic acids is 1. The van der Waals surface area contributed by atoms with Gasteiger partial charge in [0.1, 0.15) is 5.76 Å². The van der Waals surface area contributed by atoms with Crippen molar-refractivity contribution in [2.75, 3.05) is 13.1 Å². The van der Waals surface area contributed by atoms with Crippen molar-refractivity contribution in [3.05, 3.63) is 44.1 Å². The van der Waals surface area contributed by atoms with Gasteiger partial charge < -0.3 is 9.32 Å². The van der Waals surface area contributed by atoms with Gasteiger partial charge in [-0.05, 0) is 52.4 Å². The summed E-state index contributed by atoms with van der Waals surface area (Å²) < 4.78 is 7.48. The van der Waals surface area contributed by atoms with Crippen LogP contribution in [0.3, 0.4) is 0 Å². The Bertz CT molecular complexity index is 606. The van der Waals surface area contributed by atoms with Crippen LogP contribution in [0.4, 0.5) is 0 Å². The first-order chi connectivity index (χ1) is 9.60. The van der Waals surface area contributed by atoms with Crippen molar-refractivity contribution in [1.82, 2.24) is 4.90 Å². The number of amides is 1. The quantitative estimate of drug-likeness (QED) is 0.631. The standard InChI is InChI=1S/C15H15BrINO2/c1-3-18(4-2)15(19)14-12(17)11(16)13(20-14)10-8-6-5-7-9-10/h5-9H,3-4H2,1-2H3. The molecule has 20 heavy (non-hydrogen) atoms. The molecule has 1 aromatic heterocycles. The number of nitrogens with zero attached hydrogens (tertiary/aromatic N) is 1. The summed E-state index contributed by atoms with van der Waals surface area (Å²) in [7, 11) is 0. The van der Waals surface area contributed by atoms with E-state index in [1.165, 1.54) is 0 Å². The summed E-state index contributed by atoms with van der Waals surface area (Å²) in [6, 6.07) is 9.77. The second-order valence-corrected chi connectivity index (χ2v) is 6.10. The molecule has 1 aromatic carbocycles. The van der Waals surface area contributed by atoms with Crippen LogP contribution in [0.1, 0.15) is 24.4 Å². The zero-order chi connectivity index (χ0) is 14.7. The molecule has 1 amide bonds. The van der Waals surface area contributed by atoms with E-state index in [9.17, 15) is 4.79 Å². The molecule has 0 spiro atoms. The van der Waals surface area contributed by atoms with Gasteiger partial charge in [-0.25, -0.2) is 0 Å². The lowest BCUT2D eigenvalue weighted by Crippen LogP contribution is -2.30. The number of hydrogen-bond acceptors (Lipinski definition) is 2. The van der Waals surface area contributed by atoms with Gasteiger partial charge in [0.2, 0.25) is 5.76 Å². The van der Waals surface area contributed by atoms with Crippen molar-refractivity contribution in [2.24, 2.45) is 0 Å². The smallest absolute Gasteiger partial charge is 0.290 e. The molecule has 2 rings (SSSR count). The van der Waals surface area contributed by atoms with Gasteiger partial charge in [0.15, 0.2) is 0 Å². The third-order valence-electron chi connectivity index (χ3n) is 3.08. The van der Waals surface area contributed by atoms with Crippen molar-refractivity contribution in [2.45, 2.75) is 13.8 Å². The van der Waals surface area contributed by atoms with Crippen molar-refractivity contribution in [3.8, 4) is 11.3 Å². The Morgan fingerprint density at radius 2 is 1.85 bits per heavy atom. The Morgan fingerprint density at radius 1 is 1.25 bits per heavy atom. The van der Waals surface area contributed by atoms with Crippen LogP contribution in [0.5, 0.6) is 0 Å². The summed E-state index contributed by atoms with van der Waals surface area (Å²) in [4.78, 5) is 14.2. The summed E-state index contributed by atoms with van der Waals surface area (Å²) in [5, 5.41) is 0. The first kappa shape index (κ1) is 15.6. The molecule has 3 nitrogen and oxygen atoms in total. The average molecular weight is 448 g/mol. The molecule has 0 atom stereocenters. The summed E-state index contributed by atoms with van der Waals surface area (Å²) >= 11 is 5.67. The number of furan rings is 1. The van der Waals surface area contributed by atoms with Crippen LogP contribution in [0.25, 0.3) is 11.3 Å². The monoisotopic (exact) mass is 447 g/mol. The number of halogens is 2. The fraction of sp³-hybridized carbons (Fsp3) is 0.267. The van der Waals surface area contributed by atoms with E-state index >= 15 is 0 Å². The number of benzene rings is 1. The predicted molar refractivity (Wildman–Crippen MR) is 91.8 cm³/mol. The maximum absolute atomic E-state index is 12.4. The maximum atomic E-state index is 12.4. The fourth-order valence-electron chi connectivity index (χ4n) is 1.96. The maximum Gasteiger partial charge on any atom is 0.290 e. The molecule has 0 saturated heterocycles. The van der Waals surface area contributed by atoms with Gasteiger partial charge in [-0.3, -0.25) is 4.79 Å². The Morgan fingerprint density at radius 3 is 2.40 bits per heavy atom. The van der Waals surface area contributed by atoms with Crippen molar-refractivity contribution >= 4 is 44.4 Å². The highest BCUT2D eigenvalue weighted by Gasteiger charge is 2.25. The SMILES string of the molecule is CCN(CC)C(=O)c1oc(-c2ccccc2)c(Br)c1I. The first-order valence-corrected chi connectivity index (χ1v) is 8.29. The van der Waals surface area contributed by atoms with Crippen LogP contribution >= 0.6 is 38.5 Å². The Labute approximate surface area is 140 Å². The number of hydrogen-bond donors (Lipinski definition) is 0. The second-order valence-electron chi connectivity index (χ2n) is 4.23. The Kier molecular flexibility index (Phi) is 5.26. The molecule has 0 N–H and O–H groups in total. The molecule has 0 aliphatic carbocycles. The van der Waals surface area contributed by atoms with E-state index in [4.69, 9.17) is 4.42 Å². The van der Waals surface area contributed by atoms with E-state index in [0.717, 1.165) is 13.6 Å². The van der Waals surface area contributed by atoms with Gasteiger partial charge in [0, 0.05) is 18.7 Å². The lowest BCUT2D eigenvalue weighted by atomic mass is 10.2. The molecular formula is C15H15BrINO2. The highest BCUT2D eigenvalue weighted by atomic mass is 127. The van der Waals surface area contributed by atoms with Crippen LogP contribution in [-0.2, 0) is 0 Å². The van der Waals surface area contributed by atoms with E-state index < -0.39 is 0 Å². The zero-order valence-corrected chi connectivity index (χ0v) is 15.1. The topological polar surface area (TPSA) is 33.5 Å². The van der Waals surface area contributed by atoms with Crippen molar-refractivity contribution in [1.29, 1.82) is 0 Å². The highest BCUT2D eigenvalue weighted by Crippen LogP contribution is 2.37. The molecule has 0 saturated carbocycles. The molecule has 1 heterocycles. The predicted octanol–water partition coefficient (Wildman–Crippen LogP) is 4.80. The Balaban J connectivity index is 2.45. The van der Waals surface area contributed by atoms with E-state index in [1.807, 2.05) is 44.2 Å². The minimum Gasteiger partial charge on any atom is -0.449 e. The number of carbonyl (C=O) groups is 1. The molecule has 0 bridgehead atoms. The number of rotatable bonds is 4. The molecule has 0 aliphatic heterocycles. The van der Waals surface area contributed by atoms with Gasteiger partial charge in [-0.1, -0.05) is 30.3 Å². The van der Waals surface area contributed by atoms with E-state index in [2.05, 4.69) is 38.5 Å². The van der Waals surface area contributed by atoms with Gasteiger partial charge in [-0.2, -0.15) is 0 Å². The lowest BCUT2D eigenvalue weighted by Gasteiger charge is -2.16. The summed E-state index contributed by atoms with van der Waals surface area (Å²) in [5.74, 6) is 1.04. The normalized spacial score (nSPS) is 10.6. The summed E-state index contributed by atoms with van der Waals surface area (Å²) in [6.45, 7) is 5.27. The zero-order valence-electron chi connectivity index (χ0n) is 11.3. The van der Waals surface area contributed by atoms with Crippen molar-refractivity contribution < 1.29 is 9.21 Å². The summed E-state index contributed by atoms with van der Waals surface area (Å²) in [5.41, 5.74) is 0.955. The fourth-order valence-corrected chi connectivity index (χ4v) is 3.03. The lowest BCUT2D eigenvalue weighted by molar-refractivity contribution is 0.0740. The summed E-state index contributed by atoms with van der Waals surface area (Å²) in [6.07, 6.45) is 0.